The van der Waals surface area contributed by atoms with Crippen molar-refractivity contribution in [3.05, 3.63) is 76.7 Å². The van der Waals surface area contributed by atoms with E-state index in [9.17, 15) is 9.59 Å². The molecule has 0 spiro atoms. The highest BCUT2D eigenvalue weighted by atomic mass is 16.5. The predicted molar refractivity (Wildman–Crippen MR) is 88.0 cm³/mol. The van der Waals surface area contributed by atoms with Gasteiger partial charge in [0, 0.05) is 11.5 Å². The molecule has 0 unspecified atom stereocenters. The Labute approximate surface area is 132 Å². The second kappa shape index (κ2) is 7.26. The Morgan fingerprint density at radius 2 is 2.17 bits per heavy atom. The number of aromatic carboxylic acids is 1. The number of fused-ring (bicyclic) bond motifs is 1. The van der Waals surface area contributed by atoms with E-state index in [1.165, 1.54) is 6.07 Å². The fourth-order valence-electron chi connectivity index (χ4n) is 1.92. The molecule has 0 saturated heterocycles. The molecule has 1 heterocycles. The van der Waals surface area contributed by atoms with Crippen LogP contribution in [0.4, 0.5) is 0 Å². The van der Waals surface area contributed by atoms with Crippen molar-refractivity contribution in [3.8, 4) is 5.75 Å². The van der Waals surface area contributed by atoms with Crippen molar-refractivity contribution in [1.29, 1.82) is 0 Å². The summed E-state index contributed by atoms with van der Waals surface area (Å²) < 4.78 is 10.7. The van der Waals surface area contributed by atoms with E-state index in [-0.39, 0.29) is 5.58 Å². The van der Waals surface area contributed by atoms with Crippen molar-refractivity contribution in [1.82, 2.24) is 0 Å². The normalized spacial score (nSPS) is 11.8. The summed E-state index contributed by atoms with van der Waals surface area (Å²) in [5, 5.41) is 9.44. The van der Waals surface area contributed by atoms with Crippen LogP contribution in [0.1, 0.15) is 17.3 Å². The number of benzene rings is 1. The van der Waals surface area contributed by atoms with E-state index in [4.69, 9.17) is 14.3 Å². The molecular formula is C18H16O5. The molecule has 0 aliphatic heterocycles. The van der Waals surface area contributed by atoms with Gasteiger partial charge in [-0.1, -0.05) is 30.9 Å². The topological polar surface area (TPSA) is 76.7 Å². The maximum Gasteiger partial charge on any atom is 0.351 e. The third kappa shape index (κ3) is 3.97. The average Bonchev–Trinajstić information content (AvgIpc) is 2.54. The number of hydrogen-bond acceptors (Lipinski definition) is 4. The number of carboxylic acid groups (broad SMARTS) is 1. The SMILES string of the molecule is C=C/C=C\C(=C/C)COc1ccc2cc(C(=O)O)c(=O)oc2c1. The molecule has 118 valence electrons. The second-order valence-electron chi connectivity index (χ2n) is 4.70. The van der Waals surface area contributed by atoms with Crippen LogP contribution in [-0.4, -0.2) is 17.7 Å². The zero-order chi connectivity index (χ0) is 16.8. The summed E-state index contributed by atoms with van der Waals surface area (Å²) in [5.74, 6) is -0.789. The predicted octanol–water partition coefficient (Wildman–Crippen LogP) is 3.56. The molecule has 2 aromatic rings. The van der Waals surface area contributed by atoms with E-state index >= 15 is 0 Å². The molecule has 0 fully saturated rings. The van der Waals surface area contributed by atoms with E-state index in [0.717, 1.165) is 5.57 Å². The van der Waals surface area contributed by atoms with Crippen LogP contribution in [0.2, 0.25) is 0 Å². The molecule has 0 amide bonds. The number of carbonyl (C=O) groups is 1. The molecule has 0 saturated carbocycles. The van der Waals surface area contributed by atoms with Crippen LogP contribution in [0.15, 0.2) is 69.9 Å². The molecule has 5 heteroatoms. The van der Waals surface area contributed by atoms with Crippen molar-refractivity contribution < 1.29 is 19.1 Å². The Hall–Kier alpha value is -3.08. The van der Waals surface area contributed by atoms with Crippen molar-refractivity contribution in [2.45, 2.75) is 6.92 Å². The minimum Gasteiger partial charge on any atom is -0.489 e. The van der Waals surface area contributed by atoms with E-state index in [1.807, 2.05) is 25.2 Å². The fraction of sp³-hybridized carbons (Fsp3) is 0.111. The summed E-state index contributed by atoms with van der Waals surface area (Å²) in [5.41, 5.74) is -0.0315. The Balaban J connectivity index is 2.25. The van der Waals surface area contributed by atoms with E-state index in [1.54, 1.807) is 24.3 Å². The molecule has 0 radical (unpaired) electrons. The number of ether oxygens (including phenoxy) is 1. The van der Waals surface area contributed by atoms with Crippen molar-refractivity contribution >= 4 is 16.9 Å². The van der Waals surface area contributed by atoms with Crippen molar-refractivity contribution in [3.63, 3.8) is 0 Å². The Morgan fingerprint density at radius 1 is 1.39 bits per heavy atom. The van der Waals surface area contributed by atoms with Gasteiger partial charge in [0.15, 0.2) is 0 Å². The summed E-state index contributed by atoms with van der Waals surface area (Å²) in [6.45, 7) is 5.86. The molecule has 2 rings (SSSR count). The quantitative estimate of drug-likeness (QED) is 0.652. The third-order valence-corrected chi connectivity index (χ3v) is 3.16. The van der Waals surface area contributed by atoms with Crippen LogP contribution >= 0.6 is 0 Å². The van der Waals surface area contributed by atoms with Crippen LogP contribution in [0.25, 0.3) is 11.0 Å². The lowest BCUT2D eigenvalue weighted by Gasteiger charge is -2.07. The fourth-order valence-corrected chi connectivity index (χ4v) is 1.92. The van der Waals surface area contributed by atoms with Crippen LogP contribution in [0, 0.1) is 0 Å². The number of rotatable bonds is 6. The van der Waals surface area contributed by atoms with E-state index < -0.39 is 17.2 Å². The largest absolute Gasteiger partial charge is 0.489 e. The molecule has 0 atom stereocenters. The van der Waals surface area contributed by atoms with Crippen LogP contribution in [-0.2, 0) is 0 Å². The number of hydrogen-bond donors (Lipinski definition) is 1. The average molecular weight is 312 g/mol. The molecular weight excluding hydrogens is 296 g/mol. The van der Waals surface area contributed by atoms with Crippen LogP contribution < -0.4 is 10.4 Å². The minimum absolute atomic E-state index is 0.279. The van der Waals surface area contributed by atoms with Gasteiger partial charge in [0.2, 0.25) is 0 Å². The van der Waals surface area contributed by atoms with Crippen molar-refractivity contribution in [2.75, 3.05) is 6.61 Å². The Morgan fingerprint density at radius 3 is 2.83 bits per heavy atom. The van der Waals surface area contributed by atoms with Gasteiger partial charge in [-0.25, -0.2) is 9.59 Å². The van der Waals surface area contributed by atoms with Gasteiger partial charge in [-0.05, 0) is 30.7 Å². The van der Waals surface area contributed by atoms with Crippen LogP contribution in [0.3, 0.4) is 0 Å². The van der Waals surface area contributed by atoms with Gasteiger partial charge in [-0.15, -0.1) is 0 Å². The molecule has 1 aromatic carbocycles. The highest BCUT2D eigenvalue weighted by Gasteiger charge is 2.12. The van der Waals surface area contributed by atoms with Gasteiger partial charge in [-0.3, -0.25) is 0 Å². The zero-order valence-corrected chi connectivity index (χ0v) is 12.6. The first kappa shape index (κ1) is 16.3. The van der Waals surface area contributed by atoms with E-state index in [0.29, 0.717) is 17.7 Å². The highest BCUT2D eigenvalue weighted by Crippen LogP contribution is 2.21. The summed E-state index contributed by atoms with van der Waals surface area (Å²) in [7, 11) is 0. The summed E-state index contributed by atoms with van der Waals surface area (Å²) in [6.07, 6.45) is 7.29. The Bertz CT molecular complexity index is 855. The number of allylic oxidation sites excluding steroid dienone is 3. The van der Waals surface area contributed by atoms with Gasteiger partial charge in [0.05, 0.1) is 0 Å². The summed E-state index contributed by atoms with van der Waals surface area (Å²) in [4.78, 5) is 22.5. The lowest BCUT2D eigenvalue weighted by atomic mass is 10.2. The molecule has 1 aromatic heterocycles. The first-order valence-electron chi connectivity index (χ1n) is 6.93. The lowest BCUT2D eigenvalue weighted by Crippen LogP contribution is -2.12. The molecule has 0 aliphatic carbocycles. The minimum atomic E-state index is -1.31. The maximum atomic E-state index is 11.6. The number of carboxylic acids is 1. The standard InChI is InChI=1S/C18H16O5/c1-3-5-6-12(4-2)11-22-14-8-7-13-9-15(17(19)20)18(21)23-16(13)10-14/h3-10H,1,11H2,2H3,(H,19,20)/b6-5-,12-4+. The molecule has 1 N–H and O–H groups in total. The molecule has 5 nitrogen and oxygen atoms in total. The summed E-state index contributed by atoms with van der Waals surface area (Å²) in [6, 6.07) is 6.19. The van der Waals surface area contributed by atoms with Gasteiger partial charge >= 0.3 is 11.6 Å². The zero-order valence-electron chi connectivity index (χ0n) is 12.6. The first-order chi connectivity index (χ1) is 11.0. The summed E-state index contributed by atoms with van der Waals surface area (Å²) >= 11 is 0. The Kier molecular flexibility index (Phi) is 5.15. The van der Waals surface area contributed by atoms with Crippen molar-refractivity contribution in [2.24, 2.45) is 0 Å². The van der Waals surface area contributed by atoms with Gasteiger partial charge in [0.1, 0.15) is 23.5 Å². The van der Waals surface area contributed by atoms with E-state index in [2.05, 4.69) is 6.58 Å². The smallest absolute Gasteiger partial charge is 0.351 e. The highest BCUT2D eigenvalue weighted by molar-refractivity contribution is 5.91. The van der Waals surface area contributed by atoms with Gasteiger partial charge < -0.3 is 14.3 Å². The molecule has 23 heavy (non-hydrogen) atoms. The van der Waals surface area contributed by atoms with Gasteiger partial charge in [-0.2, -0.15) is 0 Å². The molecule has 0 aliphatic rings. The molecule has 0 bridgehead atoms. The maximum absolute atomic E-state index is 11.6. The lowest BCUT2D eigenvalue weighted by molar-refractivity contribution is 0.0692. The first-order valence-corrected chi connectivity index (χ1v) is 6.93. The van der Waals surface area contributed by atoms with Crippen LogP contribution in [0.5, 0.6) is 5.75 Å². The monoisotopic (exact) mass is 312 g/mol. The second-order valence-corrected chi connectivity index (χ2v) is 4.70. The third-order valence-electron chi connectivity index (χ3n) is 3.16. The van der Waals surface area contributed by atoms with Gasteiger partial charge in [0.25, 0.3) is 0 Å².